The van der Waals surface area contributed by atoms with Gasteiger partial charge in [0, 0.05) is 17.2 Å². The standard InChI is InChI=1S/C21H27N/c1-14-13-20(16(3)15(14)2)18-11-7-8-12-19(18)21(22)17-9-5-4-6-10-17/h7-8,11-12,17,22H,4-6,9-10,13H2,1-3H3. The molecule has 0 aromatic heterocycles. The summed E-state index contributed by atoms with van der Waals surface area (Å²) in [6, 6.07) is 8.59. The molecule has 2 aliphatic carbocycles. The topological polar surface area (TPSA) is 23.9 Å². The molecule has 0 heterocycles. The van der Waals surface area contributed by atoms with Crippen LogP contribution in [0.5, 0.6) is 0 Å². The first-order valence-electron chi connectivity index (χ1n) is 8.64. The zero-order valence-electron chi connectivity index (χ0n) is 14.1. The van der Waals surface area contributed by atoms with Crippen LogP contribution in [-0.2, 0) is 0 Å². The van der Waals surface area contributed by atoms with Crippen molar-refractivity contribution in [2.75, 3.05) is 0 Å². The summed E-state index contributed by atoms with van der Waals surface area (Å²) in [5.41, 5.74) is 9.11. The minimum Gasteiger partial charge on any atom is -0.304 e. The van der Waals surface area contributed by atoms with E-state index in [1.54, 1.807) is 0 Å². The highest BCUT2D eigenvalue weighted by molar-refractivity contribution is 6.04. The van der Waals surface area contributed by atoms with E-state index in [9.17, 15) is 0 Å². The van der Waals surface area contributed by atoms with Gasteiger partial charge in [-0.25, -0.2) is 0 Å². The predicted molar refractivity (Wildman–Crippen MR) is 95.4 cm³/mol. The van der Waals surface area contributed by atoms with Crippen molar-refractivity contribution in [3.05, 3.63) is 52.1 Å². The lowest BCUT2D eigenvalue weighted by Crippen LogP contribution is -2.19. The van der Waals surface area contributed by atoms with Gasteiger partial charge in [0.2, 0.25) is 0 Å². The fraction of sp³-hybridized carbons (Fsp3) is 0.476. The van der Waals surface area contributed by atoms with E-state index in [0.29, 0.717) is 5.92 Å². The summed E-state index contributed by atoms with van der Waals surface area (Å²) in [6.07, 6.45) is 7.36. The van der Waals surface area contributed by atoms with Crippen LogP contribution in [0.15, 0.2) is 41.0 Å². The molecular weight excluding hydrogens is 266 g/mol. The summed E-state index contributed by atoms with van der Waals surface area (Å²) in [5.74, 6) is 0.465. The Kier molecular flexibility index (Phi) is 4.33. The van der Waals surface area contributed by atoms with Crippen LogP contribution in [0.2, 0.25) is 0 Å². The molecule has 0 atom stereocenters. The molecule has 0 amide bonds. The Balaban J connectivity index is 1.96. The first kappa shape index (κ1) is 15.3. The van der Waals surface area contributed by atoms with E-state index in [4.69, 9.17) is 5.41 Å². The Labute approximate surface area is 134 Å². The van der Waals surface area contributed by atoms with Crippen LogP contribution in [0, 0.1) is 11.3 Å². The van der Waals surface area contributed by atoms with E-state index in [1.807, 2.05) is 0 Å². The Bertz CT molecular complexity index is 654. The second-order valence-electron chi connectivity index (χ2n) is 6.98. The number of rotatable bonds is 3. The maximum Gasteiger partial charge on any atom is 0.0423 e. The maximum absolute atomic E-state index is 8.76. The highest BCUT2D eigenvalue weighted by Crippen LogP contribution is 2.39. The van der Waals surface area contributed by atoms with E-state index in [0.717, 1.165) is 12.1 Å². The summed E-state index contributed by atoms with van der Waals surface area (Å²) in [7, 11) is 0. The molecule has 0 aliphatic heterocycles. The van der Waals surface area contributed by atoms with Gasteiger partial charge in [-0.2, -0.15) is 0 Å². The van der Waals surface area contributed by atoms with Crippen molar-refractivity contribution in [2.45, 2.75) is 59.3 Å². The molecule has 3 rings (SSSR count). The average molecular weight is 293 g/mol. The Morgan fingerprint density at radius 3 is 2.27 bits per heavy atom. The SMILES string of the molecule is CC1=C(C)C(C)=C(c2ccccc2C(=N)C2CCCCC2)C1. The zero-order chi connectivity index (χ0) is 15.7. The number of hydrogen-bond acceptors (Lipinski definition) is 1. The van der Waals surface area contributed by atoms with E-state index in [2.05, 4.69) is 45.0 Å². The molecular formula is C21H27N. The normalized spacial score (nSPS) is 20.0. The molecule has 0 spiro atoms. The minimum atomic E-state index is 0.465. The molecule has 1 heteroatoms. The molecule has 116 valence electrons. The van der Waals surface area contributed by atoms with Crippen LogP contribution < -0.4 is 0 Å². The van der Waals surface area contributed by atoms with E-state index in [1.165, 1.54) is 65.5 Å². The van der Waals surface area contributed by atoms with Crippen molar-refractivity contribution < 1.29 is 0 Å². The summed E-state index contributed by atoms with van der Waals surface area (Å²) in [6.45, 7) is 6.70. The third kappa shape index (κ3) is 2.69. The molecule has 0 unspecified atom stereocenters. The van der Waals surface area contributed by atoms with Crippen molar-refractivity contribution in [1.82, 2.24) is 0 Å². The number of allylic oxidation sites excluding steroid dienone is 4. The van der Waals surface area contributed by atoms with Gasteiger partial charge in [-0.05, 0) is 62.3 Å². The summed E-state index contributed by atoms with van der Waals surface area (Å²) in [5, 5.41) is 8.76. The van der Waals surface area contributed by atoms with Gasteiger partial charge in [0.25, 0.3) is 0 Å². The quantitative estimate of drug-likeness (QED) is 0.646. The monoisotopic (exact) mass is 293 g/mol. The Morgan fingerprint density at radius 2 is 1.64 bits per heavy atom. The average Bonchev–Trinajstić information content (AvgIpc) is 2.82. The summed E-state index contributed by atoms with van der Waals surface area (Å²) < 4.78 is 0. The third-order valence-corrected chi connectivity index (χ3v) is 5.65. The van der Waals surface area contributed by atoms with Crippen LogP contribution in [0.3, 0.4) is 0 Å². The van der Waals surface area contributed by atoms with E-state index >= 15 is 0 Å². The highest BCUT2D eigenvalue weighted by Gasteiger charge is 2.24. The van der Waals surface area contributed by atoms with E-state index in [-0.39, 0.29) is 0 Å². The van der Waals surface area contributed by atoms with Crippen molar-refractivity contribution in [3.63, 3.8) is 0 Å². The molecule has 1 aromatic carbocycles. The van der Waals surface area contributed by atoms with Gasteiger partial charge >= 0.3 is 0 Å². The smallest absolute Gasteiger partial charge is 0.0423 e. The van der Waals surface area contributed by atoms with Crippen LogP contribution in [0.25, 0.3) is 5.57 Å². The molecule has 0 bridgehead atoms. The largest absolute Gasteiger partial charge is 0.304 e. The van der Waals surface area contributed by atoms with Gasteiger partial charge in [-0.15, -0.1) is 0 Å². The van der Waals surface area contributed by atoms with Gasteiger partial charge in [0.15, 0.2) is 0 Å². The Hall–Kier alpha value is -1.63. The minimum absolute atomic E-state index is 0.465. The third-order valence-electron chi connectivity index (χ3n) is 5.65. The number of nitrogens with one attached hydrogen (secondary N) is 1. The fourth-order valence-electron chi connectivity index (χ4n) is 3.97. The highest BCUT2D eigenvalue weighted by atomic mass is 14.5. The molecule has 22 heavy (non-hydrogen) atoms. The molecule has 0 radical (unpaired) electrons. The van der Waals surface area contributed by atoms with Crippen LogP contribution in [0.4, 0.5) is 0 Å². The van der Waals surface area contributed by atoms with E-state index < -0.39 is 0 Å². The first-order chi connectivity index (χ1) is 10.6. The first-order valence-corrected chi connectivity index (χ1v) is 8.64. The van der Waals surface area contributed by atoms with Crippen LogP contribution in [0.1, 0.15) is 70.4 Å². The Morgan fingerprint density at radius 1 is 0.955 bits per heavy atom. The second kappa shape index (κ2) is 6.24. The number of benzene rings is 1. The predicted octanol–water partition coefficient (Wildman–Crippen LogP) is 6.15. The molecule has 1 N–H and O–H groups in total. The second-order valence-corrected chi connectivity index (χ2v) is 6.98. The molecule has 0 saturated heterocycles. The van der Waals surface area contributed by atoms with Gasteiger partial charge in [-0.3, -0.25) is 0 Å². The molecule has 1 aromatic rings. The summed E-state index contributed by atoms with van der Waals surface area (Å²) in [4.78, 5) is 0. The van der Waals surface area contributed by atoms with Gasteiger partial charge < -0.3 is 5.41 Å². The molecule has 2 aliphatic rings. The maximum atomic E-state index is 8.76. The zero-order valence-corrected chi connectivity index (χ0v) is 14.1. The summed E-state index contributed by atoms with van der Waals surface area (Å²) >= 11 is 0. The van der Waals surface area contributed by atoms with Gasteiger partial charge in [0.05, 0.1) is 0 Å². The lowest BCUT2D eigenvalue weighted by molar-refractivity contribution is 0.438. The van der Waals surface area contributed by atoms with Crippen LogP contribution in [-0.4, -0.2) is 5.71 Å². The number of hydrogen-bond donors (Lipinski definition) is 1. The molecule has 1 fully saturated rings. The van der Waals surface area contributed by atoms with Crippen molar-refractivity contribution in [3.8, 4) is 0 Å². The van der Waals surface area contributed by atoms with Gasteiger partial charge in [-0.1, -0.05) is 49.1 Å². The lowest BCUT2D eigenvalue weighted by atomic mass is 9.81. The van der Waals surface area contributed by atoms with Gasteiger partial charge in [0.1, 0.15) is 0 Å². The van der Waals surface area contributed by atoms with Crippen molar-refractivity contribution in [1.29, 1.82) is 5.41 Å². The fourth-order valence-corrected chi connectivity index (χ4v) is 3.97. The molecule has 1 nitrogen and oxygen atoms in total. The lowest BCUT2D eigenvalue weighted by Gasteiger charge is -2.24. The van der Waals surface area contributed by atoms with Crippen LogP contribution >= 0.6 is 0 Å². The van der Waals surface area contributed by atoms with Crippen molar-refractivity contribution >= 4 is 11.3 Å². The van der Waals surface area contributed by atoms with Crippen molar-refractivity contribution in [2.24, 2.45) is 5.92 Å². The molecule has 1 saturated carbocycles.